The van der Waals surface area contributed by atoms with Crippen LogP contribution in [0.5, 0.6) is 0 Å². The van der Waals surface area contributed by atoms with E-state index in [1.54, 1.807) is 6.08 Å². The SMILES string of the molecule is O[P+](O)(O)C1C=CCCC1. The van der Waals surface area contributed by atoms with E-state index in [4.69, 9.17) is 14.7 Å². The summed E-state index contributed by atoms with van der Waals surface area (Å²) >= 11 is 0. The number of hydrogen-bond acceptors (Lipinski definition) is 3. The highest BCUT2D eigenvalue weighted by Gasteiger charge is 2.40. The maximum absolute atomic E-state index is 8.81. The molecule has 0 saturated heterocycles. The van der Waals surface area contributed by atoms with Crippen molar-refractivity contribution in [2.45, 2.75) is 24.9 Å². The molecule has 0 heterocycles. The molecule has 0 aromatic heterocycles. The molecular formula is C6H12O3P+. The third-order valence-corrected chi connectivity index (χ3v) is 2.99. The largest absolute Gasteiger partial charge is 0.410 e. The van der Waals surface area contributed by atoms with Crippen LogP contribution >= 0.6 is 7.94 Å². The first-order chi connectivity index (χ1) is 4.61. The second-order valence-corrected chi connectivity index (χ2v) is 4.43. The molecule has 1 aliphatic carbocycles. The molecule has 1 aliphatic rings. The van der Waals surface area contributed by atoms with E-state index in [-0.39, 0.29) is 0 Å². The quantitative estimate of drug-likeness (QED) is 0.396. The van der Waals surface area contributed by atoms with Gasteiger partial charge >= 0.3 is 7.94 Å². The molecule has 0 amide bonds. The Morgan fingerprint density at radius 3 is 2.30 bits per heavy atom. The van der Waals surface area contributed by atoms with E-state index >= 15 is 0 Å². The minimum absolute atomic E-state index is 0.402. The fourth-order valence-corrected chi connectivity index (χ4v) is 1.96. The molecule has 1 unspecified atom stereocenters. The van der Waals surface area contributed by atoms with Crippen molar-refractivity contribution in [3.63, 3.8) is 0 Å². The zero-order chi connectivity index (χ0) is 7.61. The van der Waals surface area contributed by atoms with Gasteiger partial charge in [0, 0.05) is 0 Å². The Kier molecular flexibility index (Phi) is 2.42. The van der Waals surface area contributed by atoms with Crippen LogP contribution in [0.3, 0.4) is 0 Å². The summed E-state index contributed by atoms with van der Waals surface area (Å²) in [6.07, 6.45) is 6.18. The van der Waals surface area contributed by atoms with Gasteiger partial charge in [0.05, 0.1) is 0 Å². The van der Waals surface area contributed by atoms with Crippen LogP contribution in [0.4, 0.5) is 0 Å². The second-order valence-electron chi connectivity index (χ2n) is 2.54. The molecule has 1 rings (SSSR count). The predicted molar refractivity (Wildman–Crippen MR) is 40.4 cm³/mol. The van der Waals surface area contributed by atoms with E-state index in [0.717, 1.165) is 12.8 Å². The smallest absolute Gasteiger partial charge is 0.192 e. The topological polar surface area (TPSA) is 60.7 Å². The third-order valence-electron chi connectivity index (χ3n) is 1.67. The molecule has 0 bridgehead atoms. The van der Waals surface area contributed by atoms with Gasteiger partial charge in [0.25, 0.3) is 0 Å². The maximum Gasteiger partial charge on any atom is 0.410 e. The number of allylic oxidation sites excluding steroid dienone is 2. The summed E-state index contributed by atoms with van der Waals surface area (Å²) < 4.78 is 0. The summed E-state index contributed by atoms with van der Waals surface area (Å²) in [6, 6.07) is 0. The van der Waals surface area contributed by atoms with Gasteiger partial charge in [-0.05, 0) is 25.3 Å². The summed E-state index contributed by atoms with van der Waals surface area (Å²) in [5.74, 6) is 0. The highest BCUT2D eigenvalue weighted by molar-refractivity contribution is 7.59. The zero-order valence-electron chi connectivity index (χ0n) is 5.64. The van der Waals surface area contributed by atoms with E-state index in [9.17, 15) is 0 Å². The second kappa shape index (κ2) is 2.97. The van der Waals surface area contributed by atoms with Crippen LogP contribution < -0.4 is 0 Å². The average Bonchev–Trinajstić information content (AvgIpc) is 1.88. The van der Waals surface area contributed by atoms with Gasteiger partial charge in [-0.3, -0.25) is 0 Å². The lowest BCUT2D eigenvalue weighted by Crippen LogP contribution is -2.12. The molecule has 0 saturated carbocycles. The first-order valence-electron chi connectivity index (χ1n) is 3.34. The monoisotopic (exact) mass is 163 g/mol. The molecule has 0 aliphatic heterocycles. The molecule has 0 radical (unpaired) electrons. The van der Waals surface area contributed by atoms with Gasteiger partial charge in [-0.25, -0.2) is 0 Å². The van der Waals surface area contributed by atoms with Crippen molar-refractivity contribution < 1.29 is 14.7 Å². The standard InChI is InChI=1S/C6H12O3P/c7-10(8,9)6-4-2-1-3-5-6/h2,4,6-9H,1,3,5H2/q+1. The molecule has 3 nitrogen and oxygen atoms in total. The summed E-state index contributed by atoms with van der Waals surface area (Å²) in [5, 5.41) is 0. The van der Waals surface area contributed by atoms with Crippen LogP contribution in [0.1, 0.15) is 19.3 Å². The Labute approximate surface area is 60.6 Å². The molecule has 4 heteroatoms. The van der Waals surface area contributed by atoms with Gasteiger partial charge in [0.15, 0.2) is 5.66 Å². The minimum atomic E-state index is -3.58. The van der Waals surface area contributed by atoms with Crippen molar-refractivity contribution in [3.8, 4) is 0 Å². The molecule has 0 aromatic rings. The van der Waals surface area contributed by atoms with E-state index in [1.165, 1.54) is 0 Å². The Hall–Kier alpha value is 0.0500. The van der Waals surface area contributed by atoms with E-state index in [0.29, 0.717) is 6.42 Å². The van der Waals surface area contributed by atoms with Crippen molar-refractivity contribution in [2.75, 3.05) is 0 Å². The number of hydrogen-bond donors (Lipinski definition) is 3. The Balaban J connectivity index is 2.55. The lowest BCUT2D eigenvalue weighted by Gasteiger charge is -2.15. The van der Waals surface area contributed by atoms with Crippen LogP contribution in [0.15, 0.2) is 12.2 Å². The summed E-state index contributed by atoms with van der Waals surface area (Å²) in [4.78, 5) is 26.4. The summed E-state index contributed by atoms with van der Waals surface area (Å²) in [7, 11) is -3.58. The maximum atomic E-state index is 8.81. The van der Waals surface area contributed by atoms with Gasteiger partial charge < -0.3 is 0 Å². The van der Waals surface area contributed by atoms with Crippen molar-refractivity contribution in [2.24, 2.45) is 0 Å². The fourth-order valence-electron chi connectivity index (χ4n) is 1.08. The Bertz CT molecular complexity index is 138. The minimum Gasteiger partial charge on any atom is -0.192 e. The Morgan fingerprint density at radius 2 is 2.00 bits per heavy atom. The van der Waals surface area contributed by atoms with Crippen LogP contribution in [-0.4, -0.2) is 20.3 Å². The lowest BCUT2D eigenvalue weighted by atomic mass is 10.1. The fraction of sp³-hybridized carbons (Fsp3) is 0.667. The van der Waals surface area contributed by atoms with Gasteiger partial charge in [0.1, 0.15) is 0 Å². The van der Waals surface area contributed by atoms with Gasteiger partial charge in [-0.15, -0.1) is 0 Å². The molecular weight excluding hydrogens is 151 g/mol. The molecule has 58 valence electrons. The normalized spacial score (nSPS) is 26.9. The third kappa shape index (κ3) is 2.03. The van der Waals surface area contributed by atoms with Crippen molar-refractivity contribution in [3.05, 3.63) is 12.2 Å². The van der Waals surface area contributed by atoms with E-state index in [1.807, 2.05) is 6.08 Å². The predicted octanol–water partition coefficient (Wildman–Crippen LogP) is 0.835. The van der Waals surface area contributed by atoms with Crippen molar-refractivity contribution in [1.82, 2.24) is 0 Å². The van der Waals surface area contributed by atoms with Gasteiger partial charge in [-0.1, -0.05) is 6.08 Å². The van der Waals surface area contributed by atoms with Crippen LogP contribution in [-0.2, 0) is 0 Å². The van der Waals surface area contributed by atoms with Crippen LogP contribution in [0.2, 0.25) is 0 Å². The van der Waals surface area contributed by atoms with Gasteiger partial charge in [-0.2, -0.15) is 14.7 Å². The zero-order valence-corrected chi connectivity index (χ0v) is 6.54. The molecule has 0 aromatic carbocycles. The lowest BCUT2D eigenvalue weighted by molar-refractivity contribution is 0.317. The molecule has 0 fully saturated rings. The highest BCUT2D eigenvalue weighted by atomic mass is 31.2. The average molecular weight is 163 g/mol. The molecule has 0 spiro atoms. The highest BCUT2D eigenvalue weighted by Crippen LogP contribution is 2.53. The first kappa shape index (κ1) is 8.15. The van der Waals surface area contributed by atoms with Crippen molar-refractivity contribution in [1.29, 1.82) is 0 Å². The van der Waals surface area contributed by atoms with E-state index in [2.05, 4.69) is 0 Å². The summed E-state index contributed by atoms with van der Waals surface area (Å²) in [5.41, 5.74) is -0.402. The molecule has 1 atom stereocenters. The van der Waals surface area contributed by atoms with E-state index < -0.39 is 13.6 Å². The Morgan fingerprint density at radius 1 is 1.30 bits per heavy atom. The van der Waals surface area contributed by atoms with Gasteiger partial charge in [0.2, 0.25) is 0 Å². The first-order valence-corrected chi connectivity index (χ1v) is 5.06. The van der Waals surface area contributed by atoms with Crippen LogP contribution in [0, 0.1) is 0 Å². The van der Waals surface area contributed by atoms with Crippen LogP contribution in [0.25, 0.3) is 0 Å². The molecule has 3 N–H and O–H groups in total. The molecule has 10 heavy (non-hydrogen) atoms. The van der Waals surface area contributed by atoms with Crippen molar-refractivity contribution >= 4 is 7.94 Å². The summed E-state index contributed by atoms with van der Waals surface area (Å²) in [6.45, 7) is 0. The number of rotatable bonds is 1.